The summed E-state index contributed by atoms with van der Waals surface area (Å²) in [6.45, 7) is 12.2. The second-order valence-electron chi connectivity index (χ2n) is 7.03. The van der Waals surface area contributed by atoms with Crippen molar-refractivity contribution in [2.45, 2.75) is 65.7 Å². The van der Waals surface area contributed by atoms with Gasteiger partial charge < -0.3 is 14.4 Å². The van der Waals surface area contributed by atoms with E-state index in [1.54, 1.807) is 11.1 Å². The number of nitrogens with zero attached hydrogens (tertiary/aromatic N) is 2. The summed E-state index contributed by atoms with van der Waals surface area (Å²) in [5, 5.41) is 0. The Hall–Kier alpha value is -1.78. The minimum absolute atomic E-state index is 0.0218. The molecular formula is C17H26N2O3. The SMILES string of the molecule is Cc1cc(O[C@@H]2C[C@H](C)N(C(=O)OC(C)(C)C)C2)cnc1C. The Balaban J connectivity index is 1.98. The molecule has 0 N–H and O–H groups in total. The Labute approximate surface area is 132 Å². The van der Waals surface area contributed by atoms with Crippen molar-refractivity contribution < 1.29 is 14.3 Å². The maximum Gasteiger partial charge on any atom is 0.410 e. The van der Waals surface area contributed by atoms with E-state index in [9.17, 15) is 4.79 Å². The molecule has 22 heavy (non-hydrogen) atoms. The lowest BCUT2D eigenvalue weighted by Gasteiger charge is -2.26. The highest BCUT2D eigenvalue weighted by atomic mass is 16.6. The largest absolute Gasteiger partial charge is 0.487 e. The van der Waals surface area contributed by atoms with Gasteiger partial charge in [-0.15, -0.1) is 0 Å². The summed E-state index contributed by atoms with van der Waals surface area (Å²) >= 11 is 0. The molecule has 0 bridgehead atoms. The zero-order valence-electron chi connectivity index (χ0n) is 14.3. The number of hydrogen-bond acceptors (Lipinski definition) is 4. The van der Waals surface area contributed by atoms with Crippen LogP contribution in [0.5, 0.6) is 5.75 Å². The molecule has 2 atom stereocenters. The molecule has 1 aromatic heterocycles. The third kappa shape index (κ3) is 4.12. The lowest BCUT2D eigenvalue weighted by molar-refractivity contribution is 0.0224. The van der Waals surface area contributed by atoms with Gasteiger partial charge in [0.15, 0.2) is 0 Å². The highest BCUT2D eigenvalue weighted by Crippen LogP contribution is 2.25. The average molecular weight is 306 g/mol. The van der Waals surface area contributed by atoms with Crippen LogP contribution in [0.1, 0.15) is 45.4 Å². The van der Waals surface area contributed by atoms with Crippen LogP contribution in [0.3, 0.4) is 0 Å². The van der Waals surface area contributed by atoms with E-state index in [1.165, 1.54) is 0 Å². The van der Waals surface area contributed by atoms with Gasteiger partial charge in [0.2, 0.25) is 0 Å². The summed E-state index contributed by atoms with van der Waals surface area (Å²) in [4.78, 5) is 18.3. The molecule has 122 valence electrons. The van der Waals surface area contributed by atoms with Crippen molar-refractivity contribution in [1.82, 2.24) is 9.88 Å². The fourth-order valence-electron chi connectivity index (χ4n) is 2.52. The monoisotopic (exact) mass is 306 g/mol. The normalized spacial score (nSPS) is 21.8. The van der Waals surface area contributed by atoms with Crippen LogP contribution in [-0.4, -0.2) is 40.3 Å². The van der Waals surface area contributed by atoms with E-state index in [4.69, 9.17) is 9.47 Å². The summed E-state index contributed by atoms with van der Waals surface area (Å²) < 4.78 is 11.4. The minimum Gasteiger partial charge on any atom is -0.487 e. The first-order valence-corrected chi connectivity index (χ1v) is 7.75. The van der Waals surface area contributed by atoms with Crippen molar-refractivity contribution in [3.8, 4) is 5.75 Å². The number of ether oxygens (including phenoxy) is 2. The fraction of sp³-hybridized carbons (Fsp3) is 0.647. The molecule has 1 amide bonds. The van der Waals surface area contributed by atoms with Crippen LogP contribution >= 0.6 is 0 Å². The molecule has 0 saturated carbocycles. The number of carbonyl (C=O) groups excluding carboxylic acids is 1. The van der Waals surface area contributed by atoms with Gasteiger partial charge in [0.25, 0.3) is 0 Å². The molecule has 2 heterocycles. The molecule has 0 aliphatic carbocycles. The smallest absolute Gasteiger partial charge is 0.410 e. The summed E-state index contributed by atoms with van der Waals surface area (Å²) in [5.41, 5.74) is 1.63. The summed E-state index contributed by atoms with van der Waals surface area (Å²) in [6, 6.07) is 2.10. The number of aromatic nitrogens is 1. The number of aryl methyl sites for hydroxylation is 2. The van der Waals surface area contributed by atoms with E-state index in [2.05, 4.69) is 4.98 Å². The predicted molar refractivity (Wildman–Crippen MR) is 85.1 cm³/mol. The molecule has 0 radical (unpaired) electrons. The maximum absolute atomic E-state index is 12.2. The highest BCUT2D eigenvalue weighted by molar-refractivity contribution is 5.69. The number of rotatable bonds is 2. The topological polar surface area (TPSA) is 51.7 Å². The molecule has 1 aromatic rings. The van der Waals surface area contributed by atoms with Gasteiger partial charge >= 0.3 is 6.09 Å². The Morgan fingerprint density at radius 2 is 2.05 bits per heavy atom. The summed E-state index contributed by atoms with van der Waals surface area (Å²) in [6.07, 6.45) is 2.24. The van der Waals surface area contributed by atoms with Crippen molar-refractivity contribution in [2.24, 2.45) is 0 Å². The Morgan fingerprint density at radius 1 is 1.36 bits per heavy atom. The quantitative estimate of drug-likeness (QED) is 0.839. The first kappa shape index (κ1) is 16.6. The molecule has 0 spiro atoms. The molecule has 5 heteroatoms. The van der Waals surface area contributed by atoms with Crippen LogP contribution in [0.2, 0.25) is 0 Å². The average Bonchev–Trinajstić information content (AvgIpc) is 2.73. The van der Waals surface area contributed by atoms with Gasteiger partial charge in [-0.3, -0.25) is 4.98 Å². The van der Waals surface area contributed by atoms with Crippen molar-refractivity contribution >= 4 is 6.09 Å². The van der Waals surface area contributed by atoms with E-state index < -0.39 is 5.60 Å². The van der Waals surface area contributed by atoms with Gasteiger partial charge in [-0.1, -0.05) is 0 Å². The third-order valence-electron chi connectivity index (χ3n) is 3.78. The minimum atomic E-state index is -0.478. The van der Waals surface area contributed by atoms with Crippen molar-refractivity contribution in [3.05, 3.63) is 23.5 Å². The molecule has 1 aliphatic rings. The lowest BCUT2D eigenvalue weighted by atomic mass is 10.2. The molecular weight excluding hydrogens is 280 g/mol. The Bertz CT molecular complexity index is 551. The van der Waals surface area contributed by atoms with Gasteiger partial charge in [-0.25, -0.2) is 4.79 Å². The van der Waals surface area contributed by atoms with Gasteiger partial charge in [0.1, 0.15) is 17.5 Å². The lowest BCUT2D eigenvalue weighted by Crippen LogP contribution is -2.39. The molecule has 1 saturated heterocycles. The number of carbonyl (C=O) groups is 1. The number of likely N-dealkylation sites (tertiary alicyclic amines) is 1. The van der Waals surface area contributed by atoms with Crippen molar-refractivity contribution in [2.75, 3.05) is 6.54 Å². The van der Waals surface area contributed by atoms with Crippen LogP contribution in [0.15, 0.2) is 12.3 Å². The van der Waals surface area contributed by atoms with E-state index in [0.29, 0.717) is 6.54 Å². The second-order valence-corrected chi connectivity index (χ2v) is 7.03. The van der Waals surface area contributed by atoms with Gasteiger partial charge in [-0.2, -0.15) is 0 Å². The number of hydrogen-bond donors (Lipinski definition) is 0. The van der Waals surface area contributed by atoms with E-state index in [1.807, 2.05) is 47.6 Å². The third-order valence-corrected chi connectivity index (χ3v) is 3.78. The molecule has 0 unspecified atom stereocenters. The maximum atomic E-state index is 12.2. The van der Waals surface area contributed by atoms with Crippen LogP contribution < -0.4 is 4.74 Å². The Morgan fingerprint density at radius 3 is 2.64 bits per heavy atom. The van der Waals surface area contributed by atoms with Crippen molar-refractivity contribution in [3.63, 3.8) is 0 Å². The molecule has 0 aromatic carbocycles. The number of amides is 1. The summed E-state index contributed by atoms with van der Waals surface area (Å²) in [5.74, 6) is 0.756. The predicted octanol–water partition coefficient (Wildman–Crippen LogP) is 3.48. The van der Waals surface area contributed by atoms with Crippen LogP contribution in [-0.2, 0) is 4.74 Å². The van der Waals surface area contributed by atoms with E-state index >= 15 is 0 Å². The summed E-state index contributed by atoms with van der Waals surface area (Å²) in [7, 11) is 0. The van der Waals surface area contributed by atoms with Gasteiger partial charge in [0.05, 0.1) is 12.7 Å². The molecule has 5 nitrogen and oxygen atoms in total. The van der Waals surface area contributed by atoms with Gasteiger partial charge in [0, 0.05) is 18.2 Å². The molecule has 1 fully saturated rings. The zero-order valence-corrected chi connectivity index (χ0v) is 14.3. The molecule has 1 aliphatic heterocycles. The Kier molecular flexibility index (Phi) is 4.63. The van der Waals surface area contributed by atoms with Crippen LogP contribution in [0.4, 0.5) is 4.79 Å². The van der Waals surface area contributed by atoms with Gasteiger partial charge in [-0.05, 0) is 53.2 Å². The van der Waals surface area contributed by atoms with E-state index in [0.717, 1.165) is 23.4 Å². The van der Waals surface area contributed by atoms with E-state index in [-0.39, 0.29) is 18.2 Å². The first-order chi connectivity index (χ1) is 10.2. The highest BCUT2D eigenvalue weighted by Gasteiger charge is 2.36. The first-order valence-electron chi connectivity index (χ1n) is 7.75. The van der Waals surface area contributed by atoms with Crippen LogP contribution in [0.25, 0.3) is 0 Å². The number of pyridine rings is 1. The zero-order chi connectivity index (χ0) is 16.5. The van der Waals surface area contributed by atoms with Crippen LogP contribution in [0, 0.1) is 13.8 Å². The second kappa shape index (κ2) is 6.15. The standard InChI is InChI=1S/C17H26N2O3/c1-11-7-14(9-18-13(11)3)21-15-8-12(2)19(10-15)16(20)22-17(4,5)6/h7,9,12,15H,8,10H2,1-6H3/t12-,15+/m0/s1. The van der Waals surface area contributed by atoms with Crippen molar-refractivity contribution in [1.29, 1.82) is 0 Å². The molecule has 2 rings (SSSR count). The fourth-order valence-corrected chi connectivity index (χ4v) is 2.52.